The van der Waals surface area contributed by atoms with E-state index in [0.717, 1.165) is 5.39 Å². The first-order valence-electron chi connectivity index (χ1n) is 5.72. The van der Waals surface area contributed by atoms with E-state index in [1.54, 1.807) is 18.5 Å². The zero-order valence-corrected chi connectivity index (χ0v) is 11.7. The number of halogens is 1. The van der Waals surface area contributed by atoms with Crippen LogP contribution in [0.3, 0.4) is 0 Å². The predicted molar refractivity (Wildman–Crippen MR) is 74.9 cm³/mol. The van der Waals surface area contributed by atoms with Crippen molar-refractivity contribution in [3.05, 3.63) is 39.6 Å². The minimum absolute atomic E-state index is 0.243. The standard InChI is InChI=1S/C12H12ClN5O2/c1-19-6-10(17-18-14)8-4-16-12(20-2)9-5-15-11(13)3-7(8)9/h3-5,10H,6H2,1-2H3. The highest BCUT2D eigenvalue weighted by atomic mass is 35.5. The van der Waals surface area contributed by atoms with Crippen LogP contribution in [0.2, 0.25) is 5.15 Å². The normalized spacial score (nSPS) is 11.9. The summed E-state index contributed by atoms with van der Waals surface area (Å²) in [4.78, 5) is 11.1. The van der Waals surface area contributed by atoms with E-state index in [0.29, 0.717) is 22.0 Å². The molecule has 8 heteroatoms. The van der Waals surface area contributed by atoms with Crippen molar-refractivity contribution in [2.24, 2.45) is 5.11 Å². The molecule has 0 N–H and O–H groups in total. The van der Waals surface area contributed by atoms with Crippen LogP contribution < -0.4 is 4.74 Å². The molecule has 0 aromatic carbocycles. The van der Waals surface area contributed by atoms with Crippen LogP contribution in [-0.4, -0.2) is 30.8 Å². The van der Waals surface area contributed by atoms with Crippen molar-refractivity contribution >= 4 is 22.4 Å². The first-order chi connectivity index (χ1) is 9.71. The van der Waals surface area contributed by atoms with Gasteiger partial charge in [0.1, 0.15) is 5.15 Å². The van der Waals surface area contributed by atoms with E-state index in [1.165, 1.54) is 14.2 Å². The molecule has 1 atom stereocenters. The van der Waals surface area contributed by atoms with Crippen molar-refractivity contribution < 1.29 is 9.47 Å². The summed E-state index contributed by atoms with van der Waals surface area (Å²) in [5.74, 6) is 0.435. The Labute approximate surface area is 120 Å². The van der Waals surface area contributed by atoms with Gasteiger partial charge in [0, 0.05) is 24.4 Å². The molecule has 2 heterocycles. The summed E-state index contributed by atoms with van der Waals surface area (Å²) in [5.41, 5.74) is 9.38. The van der Waals surface area contributed by atoms with Gasteiger partial charge in [-0.2, -0.15) is 0 Å². The van der Waals surface area contributed by atoms with Crippen LogP contribution in [0.15, 0.2) is 23.6 Å². The second-order valence-corrected chi connectivity index (χ2v) is 4.34. The number of nitrogens with zero attached hydrogens (tertiary/aromatic N) is 5. The fraction of sp³-hybridized carbons (Fsp3) is 0.333. The third-order valence-corrected chi connectivity index (χ3v) is 3.01. The fourth-order valence-electron chi connectivity index (χ4n) is 1.94. The van der Waals surface area contributed by atoms with Gasteiger partial charge < -0.3 is 9.47 Å². The lowest BCUT2D eigenvalue weighted by Gasteiger charge is -2.14. The summed E-state index contributed by atoms with van der Waals surface area (Å²) >= 11 is 5.94. The van der Waals surface area contributed by atoms with Gasteiger partial charge in [0.05, 0.1) is 25.1 Å². The molecule has 2 rings (SSSR count). The summed E-state index contributed by atoms with van der Waals surface area (Å²) in [6.45, 7) is 0.243. The highest BCUT2D eigenvalue weighted by molar-refractivity contribution is 6.30. The molecule has 1 unspecified atom stereocenters. The number of fused-ring (bicyclic) bond motifs is 1. The molecule has 0 amide bonds. The van der Waals surface area contributed by atoms with Gasteiger partial charge in [0.2, 0.25) is 5.88 Å². The van der Waals surface area contributed by atoms with E-state index < -0.39 is 6.04 Å². The Hall–Kier alpha value is -2.08. The molecule has 0 fully saturated rings. The van der Waals surface area contributed by atoms with Gasteiger partial charge in [-0.3, -0.25) is 0 Å². The number of pyridine rings is 2. The SMILES string of the molecule is COCC(N=[N+]=[N-])c1cnc(OC)c2cnc(Cl)cc12. The molecule has 104 valence electrons. The van der Waals surface area contributed by atoms with Gasteiger partial charge in [0.15, 0.2) is 0 Å². The maximum Gasteiger partial charge on any atom is 0.222 e. The number of aromatic nitrogens is 2. The van der Waals surface area contributed by atoms with Crippen LogP contribution in [0.4, 0.5) is 0 Å². The number of rotatable bonds is 5. The van der Waals surface area contributed by atoms with Crippen LogP contribution in [0.25, 0.3) is 21.2 Å². The van der Waals surface area contributed by atoms with Crippen LogP contribution in [0, 0.1) is 0 Å². The van der Waals surface area contributed by atoms with Crippen molar-refractivity contribution in [3.8, 4) is 5.88 Å². The monoisotopic (exact) mass is 293 g/mol. The Bertz CT molecular complexity index is 672. The summed E-state index contributed by atoms with van der Waals surface area (Å²) in [5, 5.41) is 5.54. The fourth-order valence-corrected chi connectivity index (χ4v) is 2.10. The molecule has 7 nitrogen and oxygen atoms in total. The third kappa shape index (κ3) is 2.75. The number of azide groups is 1. The minimum atomic E-state index is -0.496. The zero-order chi connectivity index (χ0) is 14.5. The maximum absolute atomic E-state index is 8.67. The zero-order valence-electron chi connectivity index (χ0n) is 10.9. The molecular weight excluding hydrogens is 282 g/mol. The van der Waals surface area contributed by atoms with Gasteiger partial charge in [-0.15, -0.1) is 0 Å². The molecule has 2 aromatic heterocycles. The first-order valence-corrected chi connectivity index (χ1v) is 6.10. The second kappa shape index (κ2) is 6.38. The maximum atomic E-state index is 8.67. The largest absolute Gasteiger partial charge is 0.481 e. The highest BCUT2D eigenvalue weighted by Gasteiger charge is 2.16. The summed E-state index contributed by atoms with van der Waals surface area (Å²) in [7, 11) is 3.06. The molecule has 2 aromatic rings. The van der Waals surface area contributed by atoms with Crippen molar-refractivity contribution in [1.82, 2.24) is 9.97 Å². The van der Waals surface area contributed by atoms with Crippen molar-refractivity contribution in [2.45, 2.75) is 6.04 Å². The Morgan fingerprint density at radius 1 is 1.35 bits per heavy atom. The van der Waals surface area contributed by atoms with Crippen LogP contribution in [0.1, 0.15) is 11.6 Å². The second-order valence-electron chi connectivity index (χ2n) is 3.95. The Morgan fingerprint density at radius 3 is 2.80 bits per heavy atom. The van der Waals surface area contributed by atoms with E-state index in [1.807, 2.05) is 0 Å². The molecule has 0 aliphatic carbocycles. The lowest BCUT2D eigenvalue weighted by Crippen LogP contribution is -2.05. The molecule has 0 saturated heterocycles. The van der Waals surface area contributed by atoms with Crippen molar-refractivity contribution in [1.29, 1.82) is 0 Å². The summed E-state index contributed by atoms with van der Waals surface area (Å²) in [6.07, 6.45) is 3.17. The van der Waals surface area contributed by atoms with Gasteiger partial charge in [-0.05, 0) is 22.5 Å². The molecule has 0 spiro atoms. The molecule has 0 aliphatic heterocycles. The Kier molecular flexibility index (Phi) is 4.57. The average Bonchev–Trinajstić information content (AvgIpc) is 2.45. The number of ether oxygens (including phenoxy) is 2. The minimum Gasteiger partial charge on any atom is -0.481 e. The molecule has 0 saturated carbocycles. The van der Waals surface area contributed by atoms with E-state index in [2.05, 4.69) is 20.0 Å². The van der Waals surface area contributed by atoms with E-state index in [4.69, 9.17) is 26.6 Å². The number of methoxy groups -OCH3 is 2. The average molecular weight is 294 g/mol. The first kappa shape index (κ1) is 14.3. The molecule has 20 heavy (non-hydrogen) atoms. The lowest BCUT2D eigenvalue weighted by atomic mass is 10.0. The van der Waals surface area contributed by atoms with E-state index in [9.17, 15) is 0 Å². The van der Waals surface area contributed by atoms with Crippen LogP contribution in [0.5, 0.6) is 5.88 Å². The lowest BCUT2D eigenvalue weighted by molar-refractivity contribution is 0.181. The summed E-state index contributed by atoms with van der Waals surface area (Å²) < 4.78 is 10.3. The number of hydrogen-bond donors (Lipinski definition) is 0. The van der Waals surface area contributed by atoms with Crippen molar-refractivity contribution in [2.75, 3.05) is 20.8 Å². The quantitative estimate of drug-likeness (QED) is 0.366. The van der Waals surface area contributed by atoms with Crippen LogP contribution >= 0.6 is 11.6 Å². The Morgan fingerprint density at radius 2 is 2.15 bits per heavy atom. The van der Waals surface area contributed by atoms with Crippen LogP contribution in [-0.2, 0) is 4.74 Å². The summed E-state index contributed by atoms with van der Waals surface area (Å²) in [6, 6.07) is 1.19. The van der Waals surface area contributed by atoms with E-state index >= 15 is 0 Å². The van der Waals surface area contributed by atoms with Gasteiger partial charge in [0.25, 0.3) is 0 Å². The molecule has 0 bridgehead atoms. The van der Waals surface area contributed by atoms with Crippen molar-refractivity contribution in [3.63, 3.8) is 0 Å². The number of hydrogen-bond acceptors (Lipinski definition) is 5. The molecule has 0 aliphatic rings. The highest BCUT2D eigenvalue weighted by Crippen LogP contribution is 2.32. The third-order valence-electron chi connectivity index (χ3n) is 2.80. The molecular formula is C12H12ClN5O2. The van der Waals surface area contributed by atoms with Gasteiger partial charge in [-0.1, -0.05) is 16.7 Å². The topological polar surface area (TPSA) is 93.0 Å². The molecule has 0 radical (unpaired) electrons. The smallest absolute Gasteiger partial charge is 0.222 e. The van der Waals surface area contributed by atoms with E-state index in [-0.39, 0.29) is 6.61 Å². The Balaban J connectivity index is 2.69. The predicted octanol–water partition coefficient (Wildman–Crippen LogP) is 3.29. The van der Waals surface area contributed by atoms with Gasteiger partial charge >= 0.3 is 0 Å². The van der Waals surface area contributed by atoms with Gasteiger partial charge in [-0.25, -0.2) is 9.97 Å².